The second-order valence-corrected chi connectivity index (χ2v) is 39.3. The van der Waals surface area contributed by atoms with E-state index in [-0.39, 0.29) is 102 Å². The third kappa shape index (κ3) is 13.5. The molecule has 0 radical (unpaired) electrons. The van der Waals surface area contributed by atoms with Crippen LogP contribution in [-0.4, -0.2) is 92.9 Å². The summed E-state index contributed by atoms with van der Waals surface area (Å²) in [6.07, 6.45) is 22.3. The summed E-state index contributed by atoms with van der Waals surface area (Å²) >= 11 is 0. The number of aromatic hydroxyl groups is 1. The van der Waals surface area contributed by atoms with Gasteiger partial charge in [0.1, 0.15) is 30.3 Å². The van der Waals surface area contributed by atoms with E-state index in [0.717, 1.165) is 107 Å². The molecule has 4 aromatic carbocycles. The number of allylic oxidation sites excluding steroid dienone is 2. The van der Waals surface area contributed by atoms with Gasteiger partial charge in [-0.05, 0) is 328 Å². The molecule has 10 saturated carbocycles. The topological polar surface area (TPSA) is 235 Å². The predicted octanol–water partition coefficient (Wildman–Crippen LogP) is 18.7. The number of hydrogen-bond acceptors (Lipinski definition) is 10. The first kappa shape index (κ1) is 79.8. The number of ether oxygens (including phenoxy) is 2. The lowest BCUT2D eigenvalue weighted by Gasteiger charge is -2.72. The van der Waals surface area contributed by atoms with Crippen LogP contribution in [0.3, 0.4) is 0 Å². The Bertz CT molecular complexity index is 4010. The summed E-state index contributed by atoms with van der Waals surface area (Å²) < 4.78 is 11.0. The van der Waals surface area contributed by atoms with Gasteiger partial charge in [-0.25, -0.2) is 9.59 Å². The SMILES string of the molecule is C=C(C)[C@@H]1CC[C@]2(C(=O)NCCc3cccc(O)c3)CC[C@]3(C)C(CCC4[C@@]5(C)CC[C@H](O)C(C)(C)C5CC[C@]43C)C12.C=C(C)[C@@H]1CC[C@]2(C(=O)NCCc3cccc(OCC(O)c4ccc(C(=O)O)cc4)c3)CC[C@]3(C)C(CCC4[C@@]5(C)CC[C@H](O)C(C)(C)C5CC[C@]43C)C12.O=C(O)c1ccc(C2CO2)cc1. The van der Waals surface area contributed by atoms with Crippen LogP contribution in [0.2, 0.25) is 0 Å². The molecular formula is C94H130N2O12. The molecule has 588 valence electrons. The molecule has 10 aliphatic carbocycles. The second-order valence-electron chi connectivity index (χ2n) is 39.3. The Morgan fingerprint density at radius 2 is 0.944 bits per heavy atom. The van der Waals surface area contributed by atoms with Gasteiger partial charge in [0.25, 0.3) is 0 Å². The molecular weight excluding hydrogens is 1350 g/mol. The van der Waals surface area contributed by atoms with Crippen LogP contribution in [0.4, 0.5) is 0 Å². The number of rotatable bonds is 17. The highest BCUT2D eigenvalue weighted by Gasteiger charge is 2.74. The molecule has 22 atom stereocenters. The Balaban J connectivity index is 0.000000168. The van der Waals surface area contributed by atoms with Crippen LogP contribution in [0.25, 0.3) is 0 Å². The maximum absolute atomic E-state index is 14.6. The lowest BCUT2D eigenvalue weighted by Crippen LogP contribution is -2.67. The monoisotopic (exact) mass is 1480 g/mol. The van der Waals surface area contributed by atoms with E-state index in [1.807, 2.05) is 36.4 Å². The third-order valence-electron chi connectivity index (χ3n) is 34.0. The number of benzene rings is 4. The first-order chi connectivity index (χ1) is 51.0. The van der Waals surface area contributed by atoms with Crippen LogP contribution in [-0.2, 0) is 27.2 Å². The van der Waals surface area contributed by atoms with Gasteiger partial charge in [-0.2, -0.15) is 0 Å². The third-order valence-corrected chi connectivity index (χ3v) is 34.0. The van der Waals surface area contributed by atoms with Crippen LogP contribution in [0.1, 0.15) is 267 Å². The Kier molecular flexibility index (Phi) is 21.9. The van der Waals surface area contributed by atoms with E-state index >= 15 is 0 Å². The smallest absolute Gasteiger partial charge is 0.335 e. The number of phenolic OH excluding ortho intramolecular Hbond substituents is 1. The number of carboxylic acids is 2. The van der Waals surface area contributed by atoms with Crippen molar-refractivity contribution in [3.05, 3.63) is 155 Å². The number of aliphatic hydroxyl groups is 3. The van der Waals surface area contributed by atoms with E-state index in [1.165, 1.54) is 74.6 Å². The first-order valence-electron chi connectivity index (χ1n) is 41.6. The molecule has 8 N–H and O–H groups in total. The molecule has 0 bridgehead atoms. The lowest BCUT2D eigenvalue weighted by molar-refractivity contribution is -0.246. The zero-order valence-electron chi connectivity index (χ0n) is 67.3. The van der Waals surface area contributed by atoms with Crippen molar-refractivity contribution in [2.75, 3.05) is 26.3 Å². The van der Waals surface area contributed by atoms with Gasteiger partial charge >= 0.3 is 11.9 Å². The average Bonchev–Trinajstić information content (AvgIpc) is 0.796. The number of phenols is 1. The molecule has 0 spiro atoms. The molecule has 1 aliphatic heterocycles. The Labute approximate surface area is 644 Å². The molecule has 4 aromatic rings. The van der Waals surface area contributed by atoms with Crippen LogP contribution >= 0.6 is 0 Å². The van der Waals surface area contributed by atoms with Gasteiger partial charge in [0.05, 0.1) is 40.8 Å². The molecule has 11 aliphatic rings. The van der Waals surface area contributed by atoms with Crippen molar-refractivity contribution in [3.8, 4) is 11.5 Å². The van der Waals surface area contributed by atoms with Crippen molar-refractivity contribution in [1.29, 1.82) is 0 Å². The van der Waals surface area contributed by atoms with Gasteiger partial charge in [0.15, 0.2) is 0 Å². The number of nitrogens with one attached hydrogen (secondary N) is 2. The number of carboxylic acid groups (broad SMARTS) is 2. The highest BCUT2D eigenvalue weighted by Crippen LogP contribution is 2.80. The van der Waals surface area contributed by atoms with E-state index in [4.69, 9.17) is 19.7 Å². The fourth-order valence-electron chi connectivity index (χ4n) is 27.7. The fourth-order valence-corrected chi connectivity index (χ4v) is 27.7. The van der Waals surface area contributed by atoms with Gasteiger partial charge < -0.3 is 50.7 Å². The van der Waals surface area contributed by atoms with E-state index in [2.05, 4.69) is 107 Å². The van der Waals surface area contributed by atoms with Crippen molar-refractivity contribution in [2.24, 2.45) is 113 Å². The van der Waals surface area contributed by atoms with Crippen molar-refractivity contribution in [3.63, 3.8) is 0 Å². The number of epoxide rings is 1. The highest BCUT2D eigenvalue weighted by molar-refractivity contribution is 5.88. The van der Waals surface area contributed by atoms with Crippen molar-refractivity contribution in [1.82, 2.24) is 10.6 Å². The summed E-state index contributed by atoms with van der Waals surface area (Å²) in [7, 11) is 0. The minimum Gasteiger partial charge on any atom is -0.508 e. The summed E-state index contributed by atoms with van der Waals surface area (Å²) in [5.41, 5.74) is 7.34. The Morgan fingerprint density at radius 3 is 1.37 bits per heavy atom. The van der Waals surface area contributed by atoms with E-state index < -0.39 is 18.0 Å². The number of aromatic carboxylic acids is 2. The quantitative estimate of drug-likeness (QED) is 0.0364. The van der Waals surface area contributed by atoms with E-state index in [1.54, 1.807) is 48.5 Å². The summed E-state index contributed by atoms with van der Waals surface area (Å²) in [5, 5.41) is 67.3. The maximum Gasteiger partial charge on any atom is 0.335 e. The minimum atomic E-state index is -1.00. The molecule has 2 amide bonds. The molecule has 10 unspecified atom stereocenters. The molecule has 14 nitrogen and oxygen atoms in total. The number of carbonyl (C=O) groups excluding carboxylic acids is 2. The zero-order chi connectivity index (χ0) is 77.7. The molecule has 14 heteroatoms. The van der Waals surface area contributed by atoms with Gasteiger partial charge in [-0.15, -0.1) is 0 Å². The van der Waals surface area contributed by atoms with Gasteiger partial charge in [-0.3, -0.25) is 9.59 Å². The number of hydrogen-bond donors (Lipinski definition) is 8. The Morgan fingerprint density at radius 1 is 0.509 bits per heavy atom. The van der Waals surface area contributed by atoms with Crippen molar-refractivity contribution < 1.29 is 59.3 Å². The molecule has 15 rings (SSSR count). The molecule has 1 heterocycles. The number of fused-ring (bicyclic) bond motifs is 14. The standard InChI is InChI=1S/C47H65NO6.C38H57NO3.C9H8O3/c1-29(2)34-17-23-47(42(53)48-26-20-30-9-8-10-33(27-30)54-28-36(49)31-11-13-32(14-12-31)41(51)52)25-24-45(6)35(40(34)47)15-16-38-44(5)21-19-39(50)43(3,4)37(44)18-22-46(38,45)7;1-24(2)27-13-19-38(33(42)39-22-16-25-9-8-10-26(40)23-25)21-20-36(6)28(32(27)38)11-12-30-35(5)17-15-31(41)34(3,4)29(35)14-18-37(30,36)7;10-9(11)7-3-1-6(2-4-7)8-5-12-8/h8-14,27,34-40,49-50H,1,15-26,28H2,2-7H3,(H,48,53)(H,51,52);8-10,23,27-32,40-41H,1,11-22H2,2-7H3,(H,39,42);1-4,8H,5H2,(H,10,11)/t34-,35?,36?,37?,38?,39-,40?,44-,45+,46+,47-;27-,28?,29?,30?,31-,32?,35-,36+,37+,38-;/m00./s1. The Hall–Kier alpha value is -6.32. The molecule has 1 saturated heterocycles. The summed E-state index contributed by atoms with van der Waals surface area (Å²) in [5.74, 6) is 4.44. The number of amides is 2. The lowest BCUT2D eigenvalue weighted by atomic mass is 9.32. The minimum absolute atomic E-state index is 0.0269. The highest BCUT2D eigenvalue weighted by atomic mass is 16.6. The number of aliphatic hydroxyl groups excluding tert-OH is 3. The van der Waals surface area contributed by atoms with Gasteiger partial charge in [0.2, 0.25) is 11.8 Å². The van der Waals surface area contributed by atoms with Crippen molar-refractivity contribution in [2.45, 2.75) is 249 Å². The summed E-state index contributed by atoms with van der Waals surface area (Å²) in [4.78, 5) is 50.6. The van der Waals surface area contributed by atoms with Crippen molar-refractivity contribution >= 4 is 23.8 Å². The fraction of sp³-hybridized carbons (Fsp3) is 0.660. The number of carbonyl (C=O) groups is 4. The summed E-state index contributed by atoms with van der Waals surface area (Å²) in [6, 6.07) is 28.2. The molecule has 0 aromatic heterocycles. The molecule has 108 heavy (non-hydrogen) atoms. The predicted molar refractivity (Wildman–Crippen MR) is 424 cm³/mol. The van der Waals surface area contributed by atoms with Crippen LogP contribution < -0.4 is 15.4 Å². The van der Waals surface area contributed by atoms with Crippen LogP contribution in [0, 0.1) is 113 Å². The van der Waals surface area contributed by atoms with E-state index in [0.29, 0.717) is 95.6 Å². The summed E-state index contributed by atoms with van der Waals surface area (Å²) in [6.45, 7) is 40.4. The van der Waals surface area contributed by atoms with Crippen LogP contribution in [0.5, 0.6) is 11.5 Å². The first-order valence-corrected chi connectivity index (χ1v) is 41.6. The van der Waals surface area contributed by atoms with Crippen LogP contribution in [0.15, 0.2) is 121 Å². The normalized spacial score (nSPS) is 39.3. The molecule has 11 fully saturated rings. The largest absolute Gasteiger partial charge is 0.508 e. The van der Waals surface area contributed by atoms with Gasteiger partial charge in [-0.1, -0.05) is 142 Å². The van der Waals surface area contributed by atoms with E-state index in [9.17, 15) is 39.6 Å². The average molecular weight is 1480 g/mol. The van der Waals surface area contributed by atoms with Gasteiger partial charge in [0, 0.05) is 13.1 Å². The zero-order valence-corrected chi connectivity index (χ0v) is 67.3. The second kappa shape index (κ2) is 29.7. The maximum atomic E-state index is 14.6.